The van der Waals surface area contributed by atoms with Crippen LogP contribution < -0.4 is 10.1 Å². The van der Waals surface area contributed by atoms with Crippen molar-refractivity contribution >= 4 is 0 Å². The Hall–Kier alpha value is -1.06. The molecule has 1 aromatic carbocycles. The van der Waals surface area contributed by atoms with Crippen molar-refractivity contribution in [2.45, 2.75) is 32.2 Å². The zero-order valence-electron chi connectivity index (χ0n) is 10.8. The Morgan fingerprint density at radius 3 is 2.47 bits per heavy atom. The van der Waals surface area contributed by atoms with Crippen molar-refractivity contribution in [2.75, 3.05) is 20.3 Å². The summed E-state index contributed by atoms with van der Waals surface area (Å²) in [7, 11) is 1.68. The third-order valence-corrected chi connectivity index (χ3v) is 2.90. The fourth-order valence-corrected chi connectivity index (χ4v) is 1.74. The molecule has 1 rings (SSSR count). The van der Waals surface area contributed by atoms with Crippen LogP contribution in [0, 0.1) is 0 Å². The van der Waals surface area contributed by atoms with E-state index in [1.807, 2.05) is 12.1 Å². The van der Waals surface area contributed by atoms with Crippen LogP contribution in [-0.2, 0) is 0 Å². The van der Waals surface area contributed by atoms with Crippen LogP contribution in [-0.4, -0.2) is 25.4 Å². The van der Waals surface area contributed by atoms with Gasteiger partial charge in [-0.2, -0.15) is 0 Å². The molecule has 0 aliphatic heterocycles. The number of ether oxygens (including phenoxy) is 1. The summed E-state index contributed by atoms with van der Waals surface area (Å²) >= 11 is 0. The lowest BCUT2D eigenvalue weighted by Gasteiger charge is -2.14. The number of hydrogen-bond donors (Lipinski definition) is 2. The summed E-state index contributed by atoms with van der Waals surface area (Å²) in [4.78, 5) is 0. The lowest BCUT2D eigenvalue weighted by Crippen LogP contribution is -2.19. The van der Waals surface area contributed by atoms with Gasteiger partial charge in [-0.3, -0.25) is 0 Å². The highest BCUT2D eigenvalue weighted by molar-refractivity contribution is 5.28. The van der Waals surface area contributed by atoms with Gasteiger partial charge in [0.2, 0.25) is 0 Å². The minimum atomic E-state index is 0.300. The minimum Gasteiger partial charge on any atom is -0.497 e. The highest BCUT2D eigenvalue weighted by Gasteiger charge is 2.03. The van der Waals surface area contributed by atoms with Gasteiger partial charge in [-0.1, -0.05) is 12.1 Å². The molecule has 0 aliphatic carbocycles. The molecule has 0 radical (unpaired) electrons. The van der Waals surface area contributed by atoms with E-state index < -0.39 is 0 Å². The molecule has 2 N–H and O–H groups in total. The first-order valence-corrected chi connectivity index (χ1v) is 6.26. The molecule has 1 atom stereocenters. The van der Waals surface area contributed by atoms with E-state index in [9.17, 15) is 0 Å². The maximum absolute atomic E-state index is 8.67. The normalized spacial score (nSPS) is 12.4. The fourth-order valence-electron chi connectivity index (χ4n) is 1.74. The summed E-state index contributed by atoms with van der Waals surface area (Å²) in [5.74, 6) is 0.892. The number of hydrogen-bond acceptors (Lipinski definition) is 3. The van der Waals surface area contributed by atoms with Crippen LogP contribution >= 0.6 is 0 Å². The molecule has 3 heteroatoms. The van der Waals surface area contributed by atoms with Crippen LogP contribution in [0.4, 0.5) is 0 Å². The standard InChI is InChI=1S/C14H23NO2/c1-12(15-10-4-3-5-11-16)13-6-8-14(17-2)9-7-13/h6-9,12,15-16H,3-5,10-11H2,1-2H3/t12-/m0/s1. The first-order valence-electron chi connectivity index (χ1n) is 6.26. The van der Waals surface area contributed by atoms with Crippen LogP contribution in [0.3, 0.4) is 0 Å². The predicted molar refractivity (Wildman–Crippen MR) is 70.3 cm³/mol. The van der Waals surface area contributed by atoms with Crippen molar-refractivity contribution in [1.82, 2.24) is 5.32 Å². The Kier molecular flexibility index (Phi) is 6.67. The fraction of sp³-hybridized carbons (Fsp3) is 0.571. The Labute approximate surface area is 104 Å². The van der Waals surface area contributed by atoms with Gasteiger partial charge in [-0.05, 0) is 50.4 Å². The van der Waals surface area contributed by atoms with Crippen LogP contribution in [0.25, 0.3) is 0 Å². The van der Waals surface area contributed by atoms with Gasteiger partial charge in [0.1, 0.15) is 5.75 Å². The Morgan fingerprint density at radius 1 is 1.18 bits per heavy atom. The highest BCUT2D eigenvalue weighted by Crippen LogP contribution is 2.17. The third kappa shape index (κ3) is 5.20. The summed E-state index contributed by atoms with van der Waals surface area (Å²) in [5, 5.41) is 12.1. The Morgan fingerprint density at radius 2 is 1.88 bits per heavy atom. The second-order valence-electron chi connectivity index (χ2n) is 4.23. The topological polar surface area (TPSA) is 41.5 Å². The van der Waals surface area contributed by atoms with Crippen LogP contribution in [0.1, 0.15) is 37.8 Å². The molecular formula is C14H23NO2. The second-order valence-corrected chi connectivity index (χ2v) is 4.23. The average Bonchev–Trinajstić information content (AvgIpc) is 2.38. The minimum absolute atomic E-state index is 0.300. The first kappa shape index (κ1) is 14.0. The quantitative estimate of drug-likeness (QED) is 0.683. The lowest BCUT2D eigenvalue weighted by atomic mass is 10.1. The van der Waals surface area contributed by atoms with Gasteiger partial charge in [0.25, 0.3) is 0 Å². The van der Waals surface area contributed by atoms with E-state index in [0.29, 0.717) is 12.6 Å². The molecule has 0 aromatic heterocycles. The molecule has 0 fully saturated rings. The smallest absolute Gasteiger partial charge is 0.118 e. The van der Waals surface area contributed by atoms with Crippen molar-refractivity contribution in [3.63, 3.8) is 0 Å². The maximum Gasteiger partial charge on any atom is 0.118 e. The molecule has 0 bridgehead atoms. The molecule has 0 heterocycles. The third-order valence-electron chi connectivity index (χ3n) is 2.90. The number of nitrogens with one attached hydrogen (secondary N) is 1. The van der Waals surface area contributed by atoms with Gasteiger partial charge in [0, 0.05) is 12.6 Å². The summed E-state index contributed by atoms with van der Waals surface area (Å²) < 4.78 is 5.13. The predicted octanol–water partition coefficient (Wildman–Crippen LogP) is 2.51. The van der Waals surface area contributed by atoms with E-state index in [2.05, 4.69) is 24.4 Å². The highest BCUT2D eigenvalue weighted by atomic mass is 16.5. The molecule has 0 unspecified atom stereocenters. The van der Waals surface area contributed by atoms with Crippen molar-refractivity contribution in [1.29, 1.82) is 0 Å². The molecular weight excluding hydrogens is 214 g/mol. The van der Waals surface area contributed by atoms with Gasteiger partial charge in [0.05, 0.1) is 7.11 Å². The molecule has 0 saturated carbocycles. The van der Waals surface area contributed by atoms with E-state index >= 15 is 0 Å². The van der Waals surface area contributed by atoms with E-state index in [0.717, 1.165) is 31.6 Å². The zero-order valence-corrected chi connectivity index (χ0v) is 10.8. The van der Waals surface area contributed by atoms with E-state index in [4.69, 9.17) is 9.84 Å². The van der Waals surface area contributed by atoms with Crippen molar-refractivity contribution in [3.8, 4) is 5.75 Å². The Balaban J connectivity index is 2.28. The number of rotatable bonds is 8. The van der Waals surface area contributed by atoms with Crippen LogP contribution in [0.2, 0.25) is 0 Å². The van der Waals surface area contributed by atoms with E-state index in [1.54, 1.807) is 7.11 Å². The number of aliphatic hydroxyl groups is 1. The van der Waals surface area contributed by atoms with Crippen LogP contribution in [0.5, 0.6) is 5.75 Å². The Bertz CT molecular complexity index is 298. The SMILES string of the molecule is COc1ccc([C@H](C)NCCCCCO)cc1. The summed E-state index contributed by atoms with van der Waals surface area (Å²) in [6, 6.07) is 8.50. The summed E-state index contributed by atoms with van der Waals surface area (Å²) in [6.45, 7) is 3.45. The zero-order chi connectivity index (χ0) is 12.5. The molecule has 0 aliphatic rings. The van der Waals surface area contributed by atoms with Crippen molar-refractivity contribution < 1.29 is 9.84 Å². The largest absolute Gasteiger partial charge is 0.497 e. The summed E-state index contributed by atoms with van der Waals surface area (Å²) in [5.41, 5.74) is 1.27. The van der Waals surface area contributed by atoms with Crippen LogP contribution in [0.15, 0.2) is 24.3 Å². The summed E-state index contributed by atoms with van der Waals surface area (Å²) in [6.07, 6.45) is 3.10. The average molecular weight is 237 g/mol. The van der Waals surface area contributed by atoms with Gasteiger partial charge in [0.15, 0.2) is 0 Å². The second kappa shape index (κ2) is 8.09. The van der Waals surface area contributed by atoms with E-state index in [-0.39, 0.29) is 0 Å². The van der Waals surface area contributed by atoms with E-state index in [1.165, 1.54) is 5.56 Å². The van der Waals surface area contributed by atoms with Gasteiger partial charge < -0.3 is 15.2 Å². The van der Waals surface area contributed by atoms with Gasteiger partial charge >= 0.3 is 0 Å². The monoisotopic (exact) mass is 237 g/mol. The number of benzene rings is 1. The van der Waals surface area contributed by atoms with Crippen molar-refractivity contribution in [3.05, 3.63) is 29.8 Å². The maximum atomic E-state index is 8.67. The molecule has 1 aromatic rings. The number of methoxy groups -OCH3 is 1. The van der Waals surface area contributed by atoms with Gasteiger partial charge in [-0.25, -0.2) is 0 Å². The lowest BCUT2D eigenvalue weighted by molar-refractivity contribution is 0.282. The molecule has 0 saturated heterocycles. The molecule has 0 amide bonds. The first-order chi connectivity index (χ1) is 8.27. The van der Waals surface area contributed by atoms with Gasteiger partial charge in [-0.15, -0.1) is 0 Å². The molecule has 96 valence electrons. The van der Waals surface area contributed by atoms with Crippen molar-refractivity contribution in [2.24, 2.45) is 0 Å². The molecule has 0 spiro atoms. The number of aliphatic hydroxyl groups excluding tert-OH is 1. The number of unbranched alkanes of at least 4 members (excludes halogenated alkanes) is 2. The molecule has 17 heavy (non-hydrogen) atoms. The molecule has 3 nitrogen and oxygen atoms in total.